The largest absolute Gasteiger partial charge is 0.493 e. The van der Waals surface area contributed by atoms with Crippen molar-refractivity contribution in [1.29, 1.82) is 0 Å². The molecule has 0 aliphatic heterocycles. The Balaban J connectivity index is 1.28. The number of unbranched alkanes of at least 4 members (excludes halogenated alkanes) is 2. The molecule has 4 aromatic rings. The van der Waals surface area contributed by atoms with Crippen molar-refractivity contribution in [1.82, 2.24) is 14.9 Å². The summed E-state index contributed by atoms with van der Waals surface area (Å²) < 4.78 is 26.6. The van der Waals surface area contributed by atoms with Crippen molar-refractivity contribution in [2.75, 3.05) is 20.3 Å². The lowest BCUT2D eigenvalue weighted by Crippen LogP contribution is -2.24. The zero-order valence-electron chi connectivity index (χ0n) is 19.9. The van der Waals surface area contributed by atoms with Crippen LogP contribution in [-0.4, -0.2) is 35.7 Å². The van der Waals surface area contributed by atoms with Gasteiger partial charge in [-0.3, -0.25) is 4.79 Å². The number of nitrogens with one attached hydrogen (secondary N) is 1. The molecule has 0 fully saturated rings. The van der Waals surface area contributed by atoms with Crippen molar-refractivity contribution in [3.05, 3.63) is 90.0 Å². The number of benzene rings is 3. The van der Waals surface area contributed by atoms with E-state index in [4.69, 9.17) is 14.5 Å². The molecule has 1 amide bonds. The maximum atomic E-state index is 13.0. The molecule has 182 valence electrons. The molecule has 1 aromatic heterocycles. The monoisotopic (exact) mass is 475 g/mol. The number of carbonyl (C=O) groups is 1. The maximum absolute atomic E-state index is 13.0. The average Bonchev–Trinajstić information content (AvgIpc) is 3.24. The number of aryl methyl sites for hydroxylation is 1. The lowest BCUT2D eigenvalue weighted by atomic mass is 10.1. The summed E-state index contributed by atoms with van der Waals surface area (Å²) in [6.45, 7) is 1.77. The minimum atomic E-state index is -0.348. The van der Waals surface area contributed by atoms with Crippen molar-refractivity contribution < 1.29 is 18.7 Å². The van der Waals surface area contributed by atoms with Crippen LogP contribution in [0.5, 0.6) is 11.5 Å². The molecule has 7 heteroatoms. The van der Waals surface area contributed by atoms with Crippen LogP contribution >= 0.6 is 0 Å². The second-order valence-electron chi connectivity index (χ2n) is 8.24. The van der Waals surface area contributed by atoms with Gasteiger partial charge in [0.05, 0.1) is 24.7 Å². The summed E-state index contributed by atoms with van der Waals surface area (Å²) in [6, 6.07) is 21.3. The fourth-order valence-electron chi connectivity index (χ4n) is 4.04. The number of nitrogens with zero attached hydrogens (tertiary/aromatic N) is 2. The van der Waals surface area contributed by atoms with Gasteiger partial charge >= 0.3 is 0 Å². The molecule has 0 saturated carbocycles. The first kappa shape index (κ1) is 24.3. The summed E-state index contributed by atoms with van der Waals surface area (Å²) in [5.74, 6) is 1.95. The number of halogens is 1. The van der Waals surface area contributed by atoms with Gasteiger partial charge in [0.25, 0.3) is 5.91 Å². The van der Waals surface area contributed by atoms with E-state index < -0.39 is 0 Å². The van der Waals surface area contributed by atoms with Crippen molar-refractivity contribution in [3.63, 3.8) is 0 Å². The van der Waals surface area contributed by atoms with Crippen LogP contribution in [0.1, 0.15) is 35.4 Å². The molecule has 1 heterocycles. The number of aromatic nitrogens is 2. The second-order valence-corrected chi connectivity index (χ2v) is 8.24. The van der Waals surface area contributed by atoms with Gasteiger partial charge in [-0.05, 0) is 61.4 Å². The van der Waals surface area contributed by atoms with Crippen LogP contribution in [0.3, 0.4) is 0 Å². The fourth-order valence-corrected chi connectivity index (χ4v) is 4.04. The summed E-state index contributed by atoms with van der Waals surface area (Å²) in [4.78, 5) is 17.0. The Morgan fingerprint density at radius 3 is 2.49 bits per heavy atom. The van der Waals surface area contributed by atoms with Crippen molar-refractivity contribution in [3.8, 4) is 11.5 Å². The number of carbonyl (C=O) groups excluding carboxylic acids is 1. The third-order valence-electron chi connectivity index (χ3n) is 5.84. The van der Waals surface area contributed by atoms with Gasteiger partial charge in [-0.2, -0.15) is 0 Å². The Labute approximate surface area is 204 Å². The quantitative estimate of drug-likeness (QED) is 0.279. The molecule has 0 aliphatic rings. The Kier molecular flexibility index (Phi) is 8.33. The number of fused-ring (bicyclic) bond motifs is 1. The van der Waals surface area contributed by atoms with Crippen LogP contribution in [0.25, 0.3) is 11.0 Å². The molecule has 0 radical (unpaired) electrons. The normalized spacial score (nSPS) is 10.9. The van der Waals surface area contributed by atoms with Crippen LogP contribution < -0.4 is 14.8 Å². The van der Waals surface area contributed by atoms with E-state index in [1.165, 1.54) is 24.3 Å². The topological polar surface area (TPSA) is 65.4 Å². The highest BCUT2D eigenvalue weighted by molar-refractivity contribution is 5.94. The van der Waals surface area contributed by atoms with Gasteiger partial charge in [0, 0.05) is 18.5 Å². The Hall–Kier alpha value is -3.87. The number of hydrogen-bond acceptors (Lipinski definition) is 4. The van der Waals surface area contributed by atoms with E-state index >= 15 is 0 Å². The van der Waals surface area contributed by atoms with Gasteiger partial charge < -0.3 is 19.4 Å². The standard InChI is InChI=1S/C28H30FN3O3/c1-34-25-11-6-7-12-26(25)35-20-19-32-24-10-5-4-9-23(24)31-27(32)13-3-2-8-18-30-28(33)21-14-16-22(29)17-15-21/h4-7,9-12,14-17H,2-3,8,13,18-20H2,1H3,(H,30,33). The lowest BCUT2D eigenvalue weighted by molar-refractivity contribution is 0.0953. The first-order valence-electron chi connectivity index (χ1n) is 11.9. The zero-order valence-corrected chi connectivity index (χ0v) is 19.9. The molecule has 6 nitrogen and oxygen atoms in total. The molecule has 1 N–H and O–H groups in total. The molecule has 0 saturated heterocycles. The van der Waals surface area contributed by atoms with Crippen LogP contribution in [0, 0.1) is 5.82 Å². The number of para-hydroxylation sites is 4. The average molecular weight is 476 g/mol. The predicted octanol–water partition coefficient (Wildman–Crippen LogP) is 5.41. The summed E-state index contributed by atoms with van der Waals surface area (Å²) >= 11 is 0. The second kappa shape index (κ2) is 12.0. The molecule has 0 bridgehead atoms. The van der Waals surface area contributed by atoms with E-state index in [0.717, 1.165) is 54.0 Å². The van der Waals surface area contributed by atoms with Crippen molar-refractivity contribution in [2.45, 2.75) is 32.2 Å². The molecule has 0 unspecified atom stereocenters. The number of ether oxygens (including phenoxy) is 2. The molecule has 35 heavy (non-hydrogen) atoms. The van der Waals surface area contributed by atoms with Gasteiger partial charge in [-0.1, -0.05) is 30.7 Å². The lowest BCUT2D eigenvalue weighted by Gasteiger charge is -2.13. The van der Waals surface area contributed by atoms with Crippen molar-refractivity contribution >= 4 is 16.9 Å². The van der Waals surface area contributed by atoms with Crippen LogP contribution in [0.4, 0.5) is 4.39 Å². The van der Waals surface area contributed by atoms with Gasteiger partial charge in [0.1, 0.15) is 18.2 Å². The van der Waals surface area contributed by atoms with Crippen molar-refractivity contribution in [2.24, 2.45) is 0 Å². The summed E-state index contributed by atoms with van der Waals surface area (Å²) in [6.07, 6.45) is 3.63. The van der Waals surface area contributed by atoms with Gasteiger partial charge in [0.2, 0.25) is 0 Å². The molecule has 3 aromatic carbocycles. The van der Waals surface area contributed by atoms with E-state index in [2.05, 4.69) is 16.0 Å². The molecular formula is C28H30FN3O3. The molecular weight excluding hydrogens is 445 g/mol. The summed E-state index contributed by atoms with van der Waals surface area (Å²) in [7, 11) is 1.64. The smallest absolute Gasteiger partial charge is 0.251 e. The molecule has 4 rings (SSSR count). The highest BCUT2D eigenvalue weighted by Crippen LogP contribution is 2.26. The number of amides is 1. The third-order valence-corrected chi connectivity index (χ3v) is 5.84. The number of rotatable bonds is 12. The van der Waals surface area contributed by atoms with E-state index in [-0.39, 0.29) is 11.7 Å². The number of hydrogen-bond donors (Lipinski definition) is 1. The highest BCUT2D eigenvalue weighted by atomic mass is 19.1. The minimum Gasteiger partial charge on any atom is -0.493 e. The predicted molar refractivity (Wildman–Crippen MR) is 135 cm³/mol. The molecule has 0 spiro atoms. The summed E-state index contributed by atoms with van der Waals surface area (Å²) in [5.41, 5.74) is 2.54. The summed E-state index contributed by atoms with van der Waals surface area (Å²) in [5, 5.41) is 2.89. The Morgan fingerprint density at radius 2 is 1.69 bits per heavy atom. The van der Waals surface area contributed by atoms with E-state index in [9.17, 15) is 9.18 Å². The van der Waals surface area contributed by atoms with Gasteiger partial charge in [0.15, 0.2) is 11.5 Å². The van der Waals surface area contributed by atoms with E-state index in [1.807, 2.05) is 42.5 Å². The van der Waals surface area contributed by atoms with Gasteiger partial charge in [-0.15, -0.1) is 0 Å². The minimum absolute atomic E-state index is 0.179. The first-order valence-corrected chi connectivity index (χ1v) is 11.9. The Bertz CT molecular complexity index is 1250. The van der Waals surface area contributed by atoms with Gasteiger partial charge in [-0.25, -0.2) is 9.37 Å². The van der Waals surface area contributed by atoms with Crippen LogP contribution in [0.2, 0.25) is 0 Å². The van der Waals surface area contributed by atoms with E-state index in [1.54, 1.807) is 7.11 Å². The highest BCUT2D eigenvalue weighted by Gasteiger charge is 2.11. The third kappa shape index (κ3) is 6.38. The first-order chi connectivity index (χ1) is 17.2. The van der Waals surface area contributed by atoms with E-state index in [0.29, 0.717) is 25.3 Å². The number of imidazole rings is 1. The number of methoxy groups -OCH3 is 1. The van der Waals surface area contributed by atoms with Crippen LogP contribution in [-0.2, 0) is 13.0 Å². The maximum Gasteiger partial charge on any atom is 0.251 e. The zero-order chi connectivity index (χ0) is 24.5. The fraction of sp³-hybridized carbons (Fsp3) is 0.286. The molecule has 0 aliphatic carbocycles. The van der Waals surface area contributed by atoms with Crippen LogP contribution in [0.15, 0.2) is 72.8 Å². The Morgan fingerprint density at radius 1 is 0.943 bits per heavy atom. The SMILES string of the molecule is COc1ccccc1OCCn1c(CCCCCNC(=O)c2ccc(F)cc2)nc2ccccc21. The molecule has 0 atom stereocenters.